The fourth-order valence-electron chi connectivity index (χ4n) is 3.48. The smallest absolute Gasteiger partial charge is 0.0553 e. The number of hydrogen-bond acceptors (Lipinski definition) is 2. The van der Waals surface area contributed by atoms with Crippen molar-refractivity contribution in [3.8, 4) is 0 Å². The third-order valence-corrected chi connectivity index (χ3v) is 4.55. The SMILES string of the molecule is Cc1ccc(C2(N)CCN(Cc3ccccc3)C2)c(C)c1. The lowest BCUT2D eigenvalue weighted by molar-refractivity contribution is 0.304. The van der Waals surface area contributed by atoms with Crippen molar-refractivity contribution in [2.75, 3.05) is 13.1 Å². The Morgan fingerprint density at radius 1 is 1.10 bits per heavy atom. The summed E-state index contributed by atoms with van der Waals surface area (Å²) in [4.78, 5) is 2.47. The minimum absolute atomic E-state index is 0.202. The van der Waals surface area contributed by atoms with E-state index in [0.717, 1.165) is 26.1 Å². The second kappa shape index (κ2) is 5.63. The van der Waals surface area contributed by atoms with Crippen molar-refractivity contribution in [2.45, 2.75) is 32.4 Å². The minimum atomic E-state index is -0.202. The van der Waals surface area contributed by atoms with E-state index in [4.69, 9.17) is 5.73 Å². The van der Waals surface area contributed by atoms with Crippen molar-refractivity contribution < 1.29 is 0 Å². The van der Waals surface area contributed by atoms with Gasteiger partial charge in [-0.1, -0.05) is 54.1 Å². The van der Waals surface area contributed by atoms with Crippen LogP contribution in [0.2, 0.25) is 0 Å². The molecule has 0 bridgehead atoms. The maximum absolute atomic E-state index is 6.73. The van der Waals surface area contributed by atoms with Crippen LogP contribution in [-0.4, -0.2) is 18.0 Å². The Hall–Kier alpha value is -1.64. The third-order valence-electron chi connectivity index (χ3n) is 4.55. The van der Waals surface area contributed by atoms with Crippen LogP contribution in [-0.2, 0) is 12.1 Å². The lowest BCUT2D eigenvalue weighted by atomic mass is 9.86. The summed E-state index contributed by atoms with van der Waals surface area (Å²) in [6, 6.07) is 17.3. The molecule has 1 heterocycles. The monoisotopic (exact) mass is 280 g/mol. The maximum Gasteiger partial charge on any atom is 0.0553 e. The van der Waals surface area contributed by atoms with Crippen LogP contribution in [0.15, 0.2) is 48.5 Å². The summed E-state index contributed by atoms with van der Waals surface area (Å²) in [6.45, 7) is 7.31. The molecule has 0 radical (unpaired) electrons. The first kappa shape index (κ1) is 14.3. The highest BCUT2D eigenvalue weighted by Crippen LogP contribution is 2.32. The highest BCUT2D eigenvalue weighted by molar-refractivity contribution is 5.37. The molecule has 1 saturated heterocycles. The summed E-state index contributed by atoms with van der Waals surface area (Å²) in [5, 5.41) is 0. The van der Waals surface area contributed by atoms with Gasteiger partial charge in [-0.25, -0.2) is 0 Å². The Bertz CT molecular complexity index is 621. The summed E-state index contributed by atoms with van der Waals surface area (Å²) in [5.74, 6) is 0. The van der Waals surface area contributed by atoms with Gasteiger partial charge in [0.15, 0.2) is 0 Å². The Balaban J connectivity index is 1.76. The highest BCUT2D eigenvalue weighted by Gasteiger charge is 2.36. The standard InChI is InChI=1S/C19H24N2/c1-15-8-9-18(16(2)12-15)19(20)10-11-21(14-19)13-17-6-4-3-5-7-17/h3-9,12H,10-11,13-14,20H2,1-2H3. The molecule has 2 nitrogen and oxygen atoms in total. The lowest BCUT2D eigenvalue weighted by Gasteiger charge is -2.27. The predicted molar refractivity (Wildman–Crippen MR) is 88.1 cm³/mol. The van der Waals surface area contributed by atoms with Crippen molar-refractivity contribution in [1.29, 1.82) is 0 Å². The van der Waals surface area contributed by atoms with E-state index in [1.54, 1.807) is 0 Å². The van der Waals surface area contributed by atoms with Crippen molar-refractivity contribution in [1.82, 2.24) is 4.90 Å². The molecule has 0 saturated carbocycles. The second-order valence-electron chi connectivity index (χ2n) is 6.42. The molecule has 0 spiro atoms. The second-order valence-corrected chi connectivity index (χ2v) is 6.42. The van der Waals surface area contributed by atoms with Gasteiger partial charge in [-0.3, -0.25) is 4.90 Å². The molecule has 1 fully saturated rings. The van der Waals surface area contributed by atoms with E-state index in [1.165, 1.54) is 22.3 Å². The van der Waals surface area contributed by atoms with E-state index >= 15 is 0 Å². The van der Waals surface area contributed by atoms with E-state index in [9.17, 15) is 0 Å². The van der Waals surface area contributed by atoms with Gasteiger partial charge < -0.3 is 5.73 Å². The van der Waals surface area contributed by atoms with Crippen molar-refractivity contribution in [2.24, 2.45) is 5.73 Å². The normalized spacial score (nSPS) is 22.6. The Morgan fingerprint density at radius 2 is 1.86 bits per heavy atom. The molecule has 1 unspecified atom stereocenters. The summed E-state index contributed by atoms with van der Waals surface area (Å²) >= 11 is 0. The van der Waals surface area contributed by atoms with E-state index in [1.807, 2.05) is 0 Å². The lowest BCUT2D eigenvalue weighted by Crippen LogP contribution is -2.40. The van der Waals surface area contributed by atoms with Crippen LogP contribution in [0.4, 0.5) is 0 Å². The fraction of sp³-hybridized carbons (Fsp3) is 0.368. The van der Waals surface area contributed by atoms with E-state index in [-0.39, 0.29) is 5.54 Å². The zero-order chi connectivity index (χ0) is 14.9. The quantitative estimate of drug-likeness (QED) is 0.934. The van der Waals surface area contributed by atoms with Gasteiger partial charge in [-0.15, -0.1) is 0 Å². The van der Waals surface area contributed by atoms with Crippen LogP contribution in [0, 0.1) is 13.8 Å². The minimum Gasteiger partial charge on any atom is -0.320 e. The van der Waals surface area contributed by atoms with Gasteiger partial charge in [-0.2, -0.15) is 0 Å². The summed E-state index contributed by atoms with van der Waals surface area (Å²) in [7, 11) is 0. The first-order valence-electron chi connectivity index (χ1n) is 7.70. The van der Waals surface area contributed by atoms with Crippen molar-refractivity contribution >= 4 is 0 Å². The molecule has 1 aliphatic heterocycles. The molecule has 1 atom stereocenters. The third kappa shape index (κ3) is 3.02. The molecular weight excluding hydrogens is 256 g/mol. The first-order valence-corrected chi connectivity index (χ1v) is 7.70. The molecule has 3 rings (SSSR count). The van der Waals surface area contributed by atoms with Gasteiger partial charge >= 0.3 is 0 Å². The van der Waals surface area contributed by atoms with Crippen LogP contribution in [0.1, 0.15) is 28.7 Å². The zero-order valence-electron chi connectivity index (χ0n) is 13.0. The molecule has 0 amide bonds. The van der Waals surface area contributed by atoms with E-state index in [2.05, 4.69) is 67.3 Å². The number of likely N-dealkylation sites (tertiary alicyclic amines) is 1. The molecule has 110 valence electrons. The maximum atomic E-state index is 6.73. The van der Waals surface area contributed by atoms with Crippen LogP contribution in [0.25, 0.3) is 0 Å². The Morgan fingerprint density at radius 3 is 2.57 bits per heavy atom. The number of aryl methyl sites for hydroxylation is 2. The molecular formula is C19H24N2. The molecule has 21 heavy (non-hydrogen) atoms. The molecule has 1 aliphatic rings. The van der Waals surface area contributed by atoms with E-state index in [0.29, 0.717) is 0 Å². The summed E-state index contributed by atoms with van der Waals surface area (Å²) < 4.78 is 0. The van der Waals surface area contributed by atoms with Gasteiger partial charge in [0, 0.05) is 19.6 Å². The molecule has 0 aliphatic carbocycles. The molecule has 2 N–H and O–H groups in total. The number of rotatable bonds is 3. The molecule has 0 aromatic heterocycles. The summed E-state index contributed by atoms with van der Waals surface area (Å²) in [5.41, 5.74) is 11.8. The number of nitrogens with zero attached hydrogens (tertiary/aromatic N) is 1. The van der Waals surface area contributed by atoms with Gasteiger partial charge in [0.05, 0.1) is 5.54 Å². The molecule has 2 aromatic rings. The molecule has 2 aromatic carbocycles. The van der Waals surface area contributed by atoms with E-state index < -0.39 is 0 Å². The van der Waals surface area contributed by atoms with Gasteiger partial charge in [-0.05, 0) is 37.0 Å². The highest BCUT2D eigenvalue weighted by atomic mass is 15.2. The van der Waals surface area contributed by atoms with Crippen molar-refractivity contribution in [3.63, 3.8) is 0 Å². The number of nitrogens with two attached hydrogens (primary N) is 1. The number of hydrogen-bond donors (Lipinski definition) is 1. The van der Waals surface area contributed by atoms with Crippen molar-refractivity contribution in [3.05, 3.63) is 70.8 Å². The topological polar surface area (TPSA) is 29.3 Å². The number of benzene rings is 2. The largest absolute Gasteiger partial charge is 0.320 e. The average molecular weight is 280 g/mol. The van der Waals surface area contributed by atoms with Gasteiger partial charge in [0.2, 0.25) is 0 Å². The zero-order valence-corrected chi connectivity index (χ0v) is 13.0. The van der Waals surface area contributed by atoms with Gasteiger partial charge in [0.25, 0.3) is 0 Å². The first-order chi connectivity index (χ1) is 10.1. The molecule has 2 heteroatoms. The van der Waals surface area contributed by atoms with Crippen LogP contribution in [0.3, 0.4) is 0 Å². The van der Waals surface area contributed by atoms with Crippen LogP contribution >= 0.6 is 0 Å². The Kier molecular flexibility index (Phi) is 3.83. The Labute approximate surface area is 127 Å². The predicted octanol–water partition coefficient (Wildman–Crippen LogP) is 3.36. The van der Waals surface area contributed by atoms with Crippen LogP contribution < -0.4 is 5.73 Å². The fourth-order valence-corrected chi connectivity index (χ4v) is 3.48. The van der Waals surface area contributed by atoms with Crippen LogP contribution in [0.5, 0.6) is 0 Å². The van der Waals surface area contributed by atoms with Gasteiger partial charge in [0.1, 0.15) is 0 Å². The average Bonchev–Trinajstić information content (AvgIpc) is 2.82. The summed E-state index contributed by atoms with van der Waals surface area (Å²) in [6.07, 6.45) is 1.03.